The number of nitrogens with one attached hydrogen (secondary N) is 1. The highest BCUT2D eigenvalue weighted by Crippen LogP contribution is 2.28. The maximum Gasteiger partial charge on any atom is 0.274 e. The Morgan fingerprint density at radius 3 is 2.55 bits per heavy atom. The fraction of sp³-hybridized carbons (Fsp3) is 0.348. The van der Waals surface area contributed by atoms with Crippen LogP contribution in [0, 0.1) is 6.92 Å². The smallest absolute Gasteiger partial charge is 0.274 e. The molecule has 3 aromatic rings. The monoisotopic (exact) mass is 391 g/mol. The average Bonchev–Trinajstić information content (AvgIpc) is 3.27. The Hall–Kier alpha value is -3.15. The van der Waals surface area contributed by atoms with Crippen molar-refractivity contribution in [2.45, 2.75) is 45.2 Å². The maximum atomic E-state index is 12.9. The minimum Gasteiger partial charge on any atom is -0.484 e. The molecule has 1 aliphatic rings. The summed E-state index contributed by atoms with van der Waals surface area (Å²) < 4.78 is 7.24. The lowest BCUT2D eigenvalue weighted by Crippen LogP contribution is -2.32. The van der Waals surface area contributed by atoms with E-state index in [0.717, 1.165) is 36.6 Å². The molecule has 1 N–H and O–H groups in total. The number of amides is 1. The molecule has 6 nitrogen and oxygen atoms in total. The Morgan fingerprint density at radius 1 is 1.10 bits per heavy atom. The SMILES string of the molecule is Cc1ccccc1OCC(=O)NCc1nn(C2CCCC2)c(=O)c2ccccc12. The number of fused-ring (bicyclic) bond motifs is 1. The van der Waals surface area contributed by atoms with E-state index >= 15 is 0 Å². The van der Waals surface area contributed by atoms with Crippen LogP contribution in [0.15, 0.2) is 53.3 Å². The quantitative estimate of drug-likeness (QED) is 0.698. The number of rotatable bonds is 6. The van der Waals surface area contributed by atoms with E-state index in [0.29, 0.717) is 16.8 Å². The highest BCUT2D eigenvalue weighted by molar-refractivity contribution is 5.84. The van der Waals surface area contributed by atoms with Crippen LogP contribution in [-0.2, 0) is 11.3 Å². The fourth-order valence-corrected chi connectivity index (χ4v) is 3.90. The van der Waals surface area contributed by atoms with Crippen molar-refractivity contribution in [3.63, 3.8) is 0 Å². The summed E-state index contributed by atoms with van der Waals surface area (Å²) in [5, 5.41) is 8.94. The van der Waals surface area contributed by atoms with E-state index in [1.54, 1.807) is 4.68 Å². The number of ether oxygens (including phenoxy) is 1. The Balaban J connectivity index is 1.51. The minimum atomic E-state index is -0.224. The van der Waals surface area contributed by atoms with Crippen LogP contribution < -0.4 is 15.6 Å². The molecule has 0 saturated heterocycles. The molecule has 1 heterocycles. The molecular weight excluding hydrogens is 366 g/mol. The van der Waals surface area contributed by atoms with Gasteiger partial charge >= 0.3 is 0 Å². The zero-order valence-corrected chi connectivity index (χ0v) is 16.6. The van der Waals surface area contributed by atoms with Crippen LogP contribution in [0.2, 0.25) is 0 Å². The number of benzene rings is 2. The largest absolute Gasteiger partial charge is 0.484 e. The Labute approximate surface area is 169 Å². The summed E-state index contributed by atoms with van der Waals surface area (Å²) in [7, 11) is 0. The molecule has 0 radical (unpaired) electrons. The molecule has 1 aliphatic carbocycles. The van der Waals surface area contributed by atoms with Crippen molar-refractivity contribution >= 4 is 16.7 Å². The standard InChI is InChI=1S/C23H25N3O3/c1-16-8-2-7-13-21(16)29-15-22(27)24-14-20-18-11-5-6-12-19(18)23(28)26(25-20)17-9-3-4-10-17/h2,5-8,11-13,17H,3-4,9-10,14-15H2,1H3,(H,24,27). The normalized spacial score (nSPS) is 14.2. The highest BCUT2D eigenvalue weighted by atomic mass is 16.5. The lowest BCUT2D eigenvalue weighted by atomic mass is 10.1. The summed E-state index contributed by atoms with van der Waals surface area (Å²) in [6.45, 7) is 2.13. The second kappa shape index (κ2) is 8.47. The zero-order valence-electron chi connectivity index (χ0n) is 16.6. The van der Waals surface area contributed by atoms with Crippen molar-refractivity contribution in [2.75, 3.05) is 6.61 Å². The summed E-state index contributed by atoms with van der Waals surface area (Å²) in [6, 6.07) is 15.2. The molecule has 0 bridgehead atoms. The molecule has 0 aliphatic heterocycles. The minimum absolute atomic E-state index is 0.0505. The summed E-state index contributed by atoms with van der Waals surface area (Å²) in [4.78, 5) is 25.2. The van der Waals surface area contributed by atoms with Gasteiger partial charge < -0.3 is 10.1 Å². The summed E-state index contributed by atoms with van der Waals surface area (Å²) >= 11 is 0. The molecule has 29 heavy (non-hydrogen) atoms. The second-order valence-electron chi connectivity index (χ2n) is 7.51. The van der Waals surface area contributed by atoms with Crippen molar-refractivity contribution in [3.05, 3.63) is 70.1 Å². The molecule has 2 aromatic carbocycles. The first-order valence-corrected chi connectivity index (χ1v) is 10.1. The Morgan fingerprint density at radius 2 is 1.79 bits per heavy atom. The van der Waals surface area contributed by atoms with Crippen LogP contribution in [0.3, 0.4) is 0 Å². The zero-order chi connectivity index (χ0) is 20.2. The molecular formula is C23H25N3O3. The van der Waals surface area contributed by atoms with Crippen LogP contribution >= 0.6 is 0 Å². The number of hydrogen-bond donors (Lipinski definition) is 1. The first kappa shape index (κ1) is 19.2. The molecule has 0 unspecified atom stereocenters. The van der Waals surface area contributed by atoms with Gasteiger partial charge in [-0.25, -0.2) is 4.68 Å². The number of hydrogen-bond acceptors (Lipinski definition) is 4. The highest BCUT2D eigenvalue weighted by Gasteiger charge is 2.21. The third kappa shape index (κ3) is 4.16. The molecule has 6 heteroatoms. The molecule has 0 atom stereocenters. The molecule has 150 valence electrons. The van der Waals surface area contributed by atoms with Gasteiger partial charge in [0.15, 0.2) is 6.61 Å². The van der Waals surface area contributed by atoms with Crippen LogP contribution in [-0.4, -0.2) is 22.3 Å². The van der Waals surface area contributed by atoms with Gasteiger partial charge in [0, 0.05) is 5.39 Å². The summed E-state index contributed by atoms with van der Waals surface area (Å²) in [5.74, 6) is 0.471. The van der Waals surface area contributed by atoms with Gasteiger partial charge in [-0.05, 0) is 37.5 Å². The van der Waals surface area contributed by atoms with Gasteiger partial charge in [0.1, 0.15) is 5.75 Å². The summed E-state index contributed by atoms with van der Waals surface area (Å²) in [5.41, 5.74) is 1.64. The van der Waals surface area contributed by atoms with Crippen molar-refractivity contribution in [1.82, 2.24) is 15.1 Å². The van der Waals surface area contributed by atoms with Crippen LogP contribution in [0.5, 0.6) is 5.75 Å². The molecule has 1 amide bonds. The van der Waals surface area contributed by atoms with Gasteiger partial charge in [0.2, 0.25) is 0 Å². The van der Waals surface area contributed by atoms with Gasteiger partial charge in [-0.15, -0.1) is 0 Å². The van der Waals surface area contributed by atoms with E-state index in [1.807, 2.05) is 55.5 Å². The molecule has 0 spiro atoms. The third-order valence-corrected chi connectivity index (χ3v) is 5.48. The number of nitrogens with zero attached hydrogens (tertiary/aromatic N) is 2. The number of aromatic nitrogens is 2. The van der Waals surface area contributed by atoms with Gasteiger partial charge in [-0.2, -0.15) is 5.10 Å². The fourth-order valence-electron chi connectivity index (χ4n) is 3.90. The van der Waals surface area contributed by atoms with E-state index in [1.165, 1.54) is 0 Å². The number of aryl methyl sites for hydroxylation is 1. The van der Waals surface area contributed by atoms with Gasteiger partial charge in [-0.1, -0.05) is 49.2 Å². The third-order valence-electron chi connectivity index (χ3n) is 5.48. The van der Waals surface area contributed by atoms with Crippen LogP contribution in [0.25, 0.3) is 10.8 Å². The van der Waals surface area contributed by atoms with E-state index in [9.17, 15) is 9.59 Å². The summed E-state index contributed by atoms with van der Waals surface area (Å²) in [6.07, 6.45) is 4.18. The van der Waals surface area contributed by atoms with E-state index in [2.05, 4.69) is 10.4 Å². The molecule has 1 fully saturated rings. The lowest BCUT2D eigenvalue weighted by Gasteiger charge is -2.16. The maximum absolute atomic E-state index is 12.9. The number of carbonyl (C=O) groups excluding carboxylic acids is 1. The lowest BCUT2D eigenvalue weighted by molar-refractivity contribution is -0.123. The topological polar surface area (TPSA) is 73.2 Å². The van der Waals surface area contributed by atoms with E-state index in [4.69, 9.17) is 4.74 Å². The van der Waals surface area contributed by atoms with Crippen LogP contribution in [0.4, 0.5) is 0 Å². The van der Waals surface area contributed by atoms with Crippen molar-refractivity contribution in [3.8, 4) is 5.75 Å². The predicted molar refractivity (Wildman–Crippen MR) is 112 cm³/mol. The molecule has 1 saturated carbocycles. The Bertz CT molecular complexity index is 1080. The Kier molecular flexibility index (Phi) is 5.60. The first-order valence-electron chi connectivity index (χ1n) is 10.1. The van der Waals surface area contributed by atoms with Gasteiger partial charge in [0.25, 0.3) is 11.5 Å². The van der Waals surface area contributed by atoms with E-state index < -0.39 is 0 Å². The van der Waals surface area contributed by atoms with Crippen molar-refractivity contribution in [2.24, 2.45) is 0 Å². The first-order chi connectivity index (χ1) is 14.1. The second-order valence-corrected chi connectivity index (χ2v) is 7.51. The van der Waals surface area contributed by atoms with Crippen LogP contribution in [0.1, 0.15) is 43.0 Å². The van der Waals surface area contributed by atoms with E-state index in [-0.39, 0.29) is 30.7 Å². The number of carbonyl (C=O) groups is 1. The predicted octanol–water partition coefficient (Wildman–Crippen LogP) is 3.52. The molecule has 4 rings (SSSR count). The van der Waals surface area contributed by atoms with Gasteiger partial charge in [-0.3, -0.25) is 9.59 Å². The average molecular weight is 391 g/mol. The number of para-hydroxylation sites is 1. The van der Waals surface area contributed by atoms with Gasteiger partial charge in [0.05, 0.1) is 23.7 Å². The molecule has 1 aromatic heterocycles. The van der Waals surface area contributed by atoms with Crippen molar-refractivity contribution in [1.29, 1.82) is 0 Å². The van der Waals surface area contributed by atoms with Crippen molar-refractivity contribution < 1.29 is 9.53 Å².